The fourth-order valence-corrected chi connectivity index (χ4v) is 2.84. The predicted molar refractivity (Wildman–Crippen MR) is 83.2 cm³/mol. The zero-order valence-electron chi connectivity index (χ0n) is 12.9. The fraction of sp³-hybridized carbons (Fsp3) is 0.500. The van der Waals surface area contributed by atoms with Crippen molar-refractivity contribution in [2.24, 2.45) is 11.7 Å². The number of nitrogens with one attached hydrogen (secondary N) is 1. The lowest BCUT2D eigenvalue weighted by molar-refractivity contribution is -0.123. The van der Waals surface area contributed by atoms with E-state index in [2.05, 4.69) is 5.32 Å². The lowest BCUT2D eigenvalue weighted by atomic mass is 9.96. The average molecular weight is 319 g/mol. The lowest BCUT2D eigenvalue weighted by Crippen LogP contribution is -2.49. The van der Waals surface area contributed by atoms with Crippen LogP contribution in [-0.4, -0.2) is 49.2 Å². The minimum Gasteiger partial charge on any atom is -0.486 e. The van der Waals surface area contributed by atoms with Gasteiger partial charge in [-0.3, -0.25) is 4.79 Å². The molecule has 2 heterocycles. The standard InChI is InChI=1S/C16H21N3O4/c17-15(20)11-5-7-19(8-6-11)16(21)18-9-12-10-22-13-3-1-2-4-14(13)23-12/h1-4,11-12H,5-10H2,(H2,17,20)(H,18,21)/t12-/m1/s1. The van der Waals surface area contributed by atoms with Gasteiger partial charge in [0.1, 0.15) is 6.61 Å². The van der Waals surface area contributed by atoms with E-state index in [-0.39, 0.29) is 24.0 Å². The zero-order valence-corrected chi connectivity index (χ0v) is 12.9. The van der Waals surface area contributed by atoms with Gasteiger partial charge in [-0.25, -0.2) is 4.79 Å². The van der Waals surface area contributed by atoms with Gasteiger partial charge in [0.2, 0.25) is 5.91 Å². The minimum atomic E-state index is -0.281. The van der Waals surface area contributed by atoms with E-state index in [0.29, 0.717) is 44.8 Å². The number of primary amides is 1. The molecule has 3 rings (SSSR count). The third kappa shape index (κ3) is 3.67. The molecule has 0 saturated carbocycles. The largest absolute Gasteiger partial charge is 0.486 e. The van der Waals surface area contributed by atoms with Crippen LogP contribution >= 0.6 is 0 Å². The first kappa shape index (κ1) is 15.5. The SMILES string of the molecule is NC(=O)C1CCN(C(=O)NC[C@@H]2COc3ccccc3O2)CC1. The van der Waals surface area contributed by atoms with Gasteiger partial charge < -0.3 is 25.4 Å². The molecule has 1 atom stereocenters. The number of amides is 3. The number of carbonyl (C=O) groups is 2. The molecule has 1 saturated heterocycles. The van der Waals surface area contributed by atoms with Crippen molar-refractivity contribution >= 4 is 11.9 Å². The minimum absolute atomic E-state index is 0.120. The predicted octanol–water partition coefficient (Wildman–Crippen LogP) is 0.733. The van der Waals surface area contributed by atoms with Crippen LogP contribution in [0, 0.1) is 5.92 Å². The number of hydrogen-bond acceptors (Lipinski definition) is 4. The molecule has 3 amide bonds. The van der Waals surface area contributed by atoms with Gasteiger partial charge in [-0.2, -0.15) is 0 Å². The smallest absolute Gasteiger partial charge is 0.317 e. The van der Waals surface area contributed by atoms with E-state index >= 15 is 0 Å². The van der Waals surface area contributed by atoms with E-state index in [4.69, 9.17) is 15.2 Å². The number of carbonyl (C=O) groups excluding carboxylic acids is 2. The van der Waals surface area contributed by atoms with Crippen molar-refractivity contribution in [2.75, 3.05) is 26.2 Å². The molecule has 0 radical (unpaired) electrons. The molecule has 0 bridgehead atoms. The Labute approximate surface area is 134 Å². The average Bonchev–Trinajstić information content (AvgIpc) is 2.59. The Kier molecular flexibility index (Phi) is 4.55. The summed E-state index contributed by atoms with van der Waals surface area (Å²) in [6, 6.07) is 7.33. The van der Waals surface area contributed by atoms with Crippen molar-refractivity contribution < 1.29 is 19.1 Å². The van der Waals surface area contributed by atoms with E-state index in [1.165, 1.54) is 0 Å². The third-order valence-corrected chi connectivity index (χ3v) is 4.23. The Balaban J connectivity index is 1.44. The molecule has 124 valence electrons. The van der Waals surface area contributed by atoms with E-state index < -0.39 is 0 Å². The molecule has 2 aliphatic rings. The quantitative estimate of drug-likeness (QED) is 0.859. The Morgan fingerprint density at radius 1 is 1.22 bits per heavy atom. The van der Waals surface area contributed by atoms with Crippen molar-refractivity contribution in [3.05, 3.63) is 24.3 Å². The molecule has 0 unspecified atom stereocenters. The second-order valence-electron chi connectivity index (χ2n) is 5.85. The van der Waals surface area contributed by atoms with Crippen molar-refractivity contribution in [2.45, 2.75) is 18.9 Å². The number of nitrogens with zero attached hydrogens (tertiary/aromatic N) is 1. The topological polar surface area (TPSA) is 93.9 Å². The summed E-state index contributed by atoms with van der Waals surface area (Å²) in [5, 5.41) is 2.86. The summed E-state index contributed by atoms with van der Waals surface area (Å²) in [4.78, 5) is 25.0. The fourth-order valence-electron chi connectivity index (χ4n) is 2.84. The number of para-hydroxylation sites is 2. The number of nitrogens with two attached hydrogens (primary N) is 1. The number of likely N-dealkylation sites (tertiary alicyclic amines) is 1. The summed E-state index contributed by atoms with van der Waals surface area (Å²) < 4.78 is 11.4. The number of hydrogen-bond donors (Lipinski definition) is 2. The van der Waals surface area contributed by atoms with Crippen LogP contribution in [0.25, 0.3) is 0 Å². The molecule has 0 spiro atoms. The highest BCUT2D eigenvalue weighted by Crippen LogP contribution is 2.30. The summed E-state index contributed by atoms with van der Waals surface area (Å²) in [6.45, 7) is 1.87. The molecule has 23 heavy (non-hydrogen) atoms. The van der Waals surface area contributed by atoms with E-state index in [1.807, 2.05) is 24.3 Å². The van der Waals surface area contributed by atoms with Crippen LogP contribution in [-0.2, 0) is 4.79 Å². The first-order valence-electron chi connectivity index (χ1n) is 7.84. The molecular weight excluding hydrogens is 298 g/mol. The van der Waals surface area contributed by atoms with Crippen LogP contribution in [0.1, 0.15) is 12.8 Å². The molecule has 0 aromatic heterocycles. The number of rotatable bonds is 3. The first-order valence-corrected chi connectivity index (χ1v) is 7.84. The van der Waals surface area contributed by atoms with Crippen molar-refractivity contribution in [3.8, 4) is 11.5 Å². The van der Waals surface area contributed by atoms with Gasteiger partial charge in [-0.1, -0.05) is 12.1 Å². The summed E-state index contributed by atoms with van der Waals surface area (Å²) in [5.41, 5.74) is 5.30. The maximum Gasteiger partial charge on any atom is 0.317 e. The lowest BCUT2D eigenvalue weighted by Gasteiger charge is -2.32. The zero-order chi connectivity index (χ0) is 16.2. The second-order valence-corrected chi connectivity index (χ2v) is 5.85. The maximum atomic E-state index is 12.2. The molecule has 7 nitrogen and oxygen atoms in total. The molecule has 1 aromatic rings. The molecule has 1 aromatic carbocycles. The Bertz CT molecular complexity index is 584. The number of benzene rings is 1. The molecule has 7 heteroatoms. The number of ether oxygens (including phenoxy) is 2. The van der Waals surface area contributed by atoms with E-state index in [0.717, 1.165) is 5.75 Å². The van der Waals surface area contributed by atoms with Crippen LogP contribution in [0.2, 0.25) is 0 Å². The Hall–Kier alpha value is -2.44. The van der Waals surface area contributed by atoms with Crippen LogP contribution in [0.15, 0.2) is 24.3 Å². The van der Waals surface area contributed by atoms with Crippen LogP contribution in [0.3, 0.4) is 0 Å². The van der Waals surface area contributed by atoms with Crippen LogP contribution < -0.4 is 20.5 Å². The van der Waals surface area contributed by atoms with Gasteiger partial charge in [0, 0.05) is 19.0 Å². The Morgan fingerprint density at radius 3 is 2.61 bits per heavy atom. The molecule has 3 N–H and O–H groups in total. The maximum absolute atomic E-state index is 12.2. The summed E-state index contributed by atoms with van der Waals surface area (Å²) in [7, 11) is 0. The normalized spacial score (nSPS) is 20.9. The van der Waals surface area contributed by atoms with Gasteiger partial charge in [-0.15, -0.1) is 0 Å². The monoisotopic (exact) mass is 319 g/mol. The van der Waals surface area contributed by atoms with Crippen LogP contribution in [0.5, 0.6) is 11.5 Å². The summed E-state index contributed by atoms with van der Waals surface area (Å²) >= 11 is 0. The van der Waals surface area contributed by atoms with Gasteiger partial charge in [0.15, 0.2) is 17.6 Å². The first-order chi connectivity index (χ1) is 11.1. The number of fused-ring (bicyclic) bond motifs is 1. The third-order valence-electron chi connectivity index (χ3n) is 4.23. The highest BCUT2D eigenvalue weighted by molar-refractivity contribution is 5.78. The van der Waals surface area contributed by atoms with Crippen LogP contribution in [0.4, 0.5) is 4.79 Å². The molecule has 1 fully saturated rings. The van der Waals surface area contributed by atoms with Gasteiger partial charge in [-0.05, 0) is 25.0 Å². The van der Waals surface area contributed by atoms with Gasteiger partial charge in [0.05, 0.1) is 6.54 Å². The highest BCUT2D eigenvalue weighted by atomic mass is 16.6. The number of urea groups is 1. The number of piperidine rings is 1. The van der Waals surface area contributed by atoms with Crippen molar-refractivity contribution in [3.63, 3.8) is 0 Å². The van der Waals surface area contributed by atoms with Gasteiger partial charge in [0.25, 0.3) is 0 Å². The second kappa shape index (κ2) is 6.76. The highest BCUT2D eigenvalue weighted by Gasteiger charge is 2.27. The van der Waals surface area contributed by atoms with E-state index in [9.17, 15) is 9.59 Å². The summed E-state index contributed by atoms with van der Waals surface area (Å²) in [5.74, 6) is 1.02. The molecule has 0 aliphatic carbocycles. The summed E-state index contributed by atoms with van der Waals surface area (Å²) in [6.07, 6.45) is 1.04. The molecular formula is C16H21N3O4. The Morgan fingerprint density at radius 2 is 1.91 bits per heavy atom. The van der Waals surface area contributed by atoms with E-state index in [1.54, 1.807) is 4.90 Å². The van der Waals surface area contributed by atoms with Crippen molar-refractivity contribution in [1.82, 2.24) is 10.2 Å². The molecule has 2 aliphatic heterocycles. The van der Waals surface area contributed by atoms with Gasteiger partial charge >= 0.3 is 6.03 Å². The van der Waals surface area contributed by atoms with Crippen molar-refractivity contribution in [1.29, 1.82) is 0 Å².